The highest BCUT2D eigenvalue weighted by Gasteiger charge is 2.54. The van der Waals surface area contributed by atoms with E-state index in [1.54, 1.807) is 5.57 Å². The van der Waals surface area contributed by atoms with Crippen LogP contribution >= 0.6 is 0 Å². The molecule has 0 radical (unpaired) electrons. The van der Waals surface area contributed by atoms with Crippen LogP contribution in [0, 0.1) is 34.5 Å². The van der Waals surface area contributed by atoms with Crippen molar-refractivity contribution in [2.75, 3.05) is 13.2 Å². The molecule has 5 atom stereocenters. The lowest BCUT2D eigenvalue weighted by Crippen LogP contribution is -2.52. The molecule has 0 spiro atoms. The Hall–Kier alpha value is -1.36. The lowest BCUT2D eigenvalue weighted by molar-refractivity contribution is -0.147. The summed E-state index contributed by atoms with van der Waals surface area (Å²) in [6.45, 7) is 5.84. The predicted molar refractivity (Wildman–Crippen MR) is 134 cm³/mol. The van der Waals surface area contributed by atoms with Gasteiger partial charge in [0.05, 0.1) is 30.7 Å². The van der Waals surface area contributed by atoms with Gasteiger partial charge in [-0.3, -0.25) is 9.59 Å². The molecule has 0 amide bonds. The molecule has 3 saturated carbocycles. The van der Waals surface area contributed by atoms with Crippen LogP contribution in [0.3, 0.4) is 0 Å². The fraction of sp³-hybridized carbons (Fsp3) is 0.867. The van der Waals surface area contributed by atoms with Gasteiger partial charge in [-0.05, 0) is 68.6 Å². The fourth-order valence-electron chi connectivity index (χ4n) is 8.32. The fourth-order valence-corrected chi connectivity index (χ4v) is 8.32. The van der Waals surface area contributed by atoms with Gasteiger partial charge in [-0.1, -0.05) is 64.0 Å². The van der Waals surface area contributed by atoms with Gasteiger partial charge in [0.25, 0.3) is 0 Å². The maximum absolute atomic E-state index is 11.6. The van der Waals surface area contributed by atoms with E-state index in [0.717, 1.165) is 44.9 Å². The Morgan fingerprint density at radius 2 is 1.43 bits per heavy atom. The van der Waals surface area contributed by atoms with Crippen molar-refractivity contribution in [2.45, 2.75) is 116 Å². The summed E-state index contributed by atoms with van der Waals surface area (Å²) in [4.78, 5) is 23.1. The molecule has 0 aromatic rings. The van der Waals surface area contributed by atoms with Crippen molar-refractivity contribution in [3.8, 4) is 0 Å². The Balaban J connectivity index is 0.000000145. The Labute approximate surface area is 211 Å². The van der Waals surface area contributed by atoms with Crippen LogP contribution in [-0.2, 0) is 19.1 Å². The molecule has 2 heterocycles. The van der Waals surface area contributed by atoms with Crippen molar-refractivity contribution < 1.29 is 24.2 Å². The summed E-state index contributed by atoms with van der Waals surface area (Å²) < 4.78 is 10.3. The van der Waals surface area contributed by atoms with E-state index in [0.29, 0.717) is 24.5 Å². The van der Waals surface area contributed by atoms with Gasteiger partial charge < -0.3 is 14.6 Å². The second kappa shape index (κ2) is 9.84. The van der Waals surface area contributed by atoms with Gasteiger partial charge in [-0.25, -0.2) is 0 Å². The number of allylic oxidation sites excluding steroid dienone is 1. The summed E-state index contributed by atoms with van der Waals surface area (Å²) in [6.07, 6.45) is 19.8. The zero-order valence-electron chi connectivity index (χ0n) is 22.0. The molecule has 2 aliphatic heterocycles. The van der Waals surface area contributed by atoms with Gasteiger partial charge >= 0.3 is 11.9 Å². The number of aliphatic hydroxyl groups is 1. The summed E-state index contributed by atoms with van der Waals surface area (Å²) in [5.74, 6) is 0.887. The van der Waals surface area contributed by atoms with Crippen molar-refractivity contribution in [2.24, 2.45) is 34.5 Å². The molecule has 0 aromatic carbocycles. The van der Waals surface area contributed by atoms with E-state index < -0.39 is 5.60 Å². The molecule has 5 fully saturated rings. The third-order valence-corrected chi connectivity index (χ3v) is 11.0. The number of esters is 2. The number of carbonyl (C=O) groups excluding carboxylic acids is 2. The van der Waals surface area contributed by atoms with Crippen LogP contribution in [0.4, 0.5) is 0 Å². The van der Waals surface area contributed by atoms with Crippen molar-refractivity contribution in [3.63, 3.8) is 0 Å². The van der Waals surface area contributed by atoms with Gasteiger partial charge in [-0.2, -0.15) is 0 Å². The lowest BCUT2D eigenvalue weighted by Gasteiger charge is -2.51. The molecule has 2 saturated heterocycles. The Bertz CT molecular complexity index is 834. The van der Waals surface area contributed by atoms with Gasteiger partial charge in [0, 0.05) is 11.8 Å². The first-order valence-corrected chi connectivity index (χ1v) is 14.5. The molecule has 6 aliphatic rings. The van der Waals surface area contributed by atoms with Gasteiger partial charge in [0.1, 0.15) is 0 Å². The predicted octanol–water partition coefficient (Wildman–Crippen LogP) is 6.13. The zero-order valence-corrected chi connectivity index (χ0v) is 22.0. The number of fused-ring (bicyclic) bond motifs is 2. The molecule has 196 valence electrons. The van der Waals surface area contributed by atoms with Gasteiger partial charge in [0.2, 0.25) is 0 Å². The first kappa shape index (κ1) is 25.3. The molecule has 5 nitrogen and oxygen atoms in total. The SMILES string of the molecule is CC1(C2=C[C@@H]3COC(=O)[C@@H]3CC2)CCCCC1.CC1([C@@]2(O)CC[C@H]3C(=O)OC[C@H]3C2)CCCCC1. The Morgan fingerprint density at radius 1 is 0.800 bits per heavy atom. The van der Waals surface area contributed by atoms with Crippen LogP contribution in [0.15, 0.2) is 11.6 Å². The van der Waals surface area contributed by atoms with Crippen LogP contribution < -0.4 is 0 Å². The summed E-state index contributed by atoms with van der Waals surface area (Å²) >= 11 is 0. The minimum atomic E-state index is -0.567. The van der Waals surface area contributed by atoms with E-state index in [1.807, 2.05) is 0 Å². The maximum atomic E-state index is 11.6. The summed E-state index contributed by atoms with van der Waals surface area (Å²) in [6, 6.07) is 0. The van der Waals surface area contributed by atoms with Crippen LogP contribution in [0.1, 0.15) is 110 Å². The molecule has 6 rings (SSSR count). The average Bonchev–Trinajstić information content (AvgIpc) is 3.42. The number of rotatable bonds is 2. The van der Waals surface area contributed by atoms with Crippen molar-refractivity contribution >= 4 is 11.9 Å². The molecule has 1 N–H and O–H groups in total. The van der Waals surface area contributed by atoms with E-state index in [9.17, 15) is 14.7 Å². The Morgan fingerprint density at radius 3 is 2.14 bits per heavy atom. The van der Waals surface area contributed by atoms with E-state index in [4.69, 9.17) is 9.47 Å². The molecule has 0 bridgehead atoms. The summed E-state index contributed by atoms with van der Waals surface area (Å²) in [7, 11) is 0. The van der Waals surface area contributed by atoms with E-state index in [2.05, 4.69) is 19.9 Å². The molecule has 35 heavy (non-hydrogen) atoms. The first-order chi connectivity index (χ1) is 16.7. The van der Waals surface area contributed by atoms with E-state index in [-0.39, 0.29) is 35.1 Å². The van der Waals surface area contributed by atoms with Gasteiger partial charge in [-0.15, -0.1) is 0 Å². The molecule has 0 aromatic heterocycles. The summed E-state index contributed by atoms with van der Waals surface area (Å²) in [5.41, 5.74) is 1.54. The third-order valence-electron chi connectivity index (χ3n) is 11.0. The van der Waals surface area contributed by atoms with Crippen molar-refractivity contribution in [3.05, 3.63) is 11.6 Å². The maximum Gasteiger partial charge on any atom is 0.309 e. The highest BCUT2D eigenvalue weighted by Crippen LogP contribution is 2.54. The zero-order chi connectivity index (χ0) is 24.7. The third kappa shape index (κ3) is 4.83. The quantitative estimate of drug-likeness (QED) is 0.376. The lowest BCUT2D eigenvalue weighted by atomic mass is 9.57. The first-order valence-electron chi connectivity index (χ1n) is 14.5. The molecular formula is C30H46O5. The number of hydrogen-bond donors (Lipinski definition) is 1. The van der Waals surface area contributed by atoms with Crippen LogP contribution in [0.2, 0.25) is 0 Å². The van der Waals surface area contributed by atoms with Crippen molar-refractivity contribution in [1.82, 2.24) is 0 Å². The molecule has 5 heteroatoms. The summed E-state index contributed by atoms with van der Waals surface area (Å²) in [5, 5.41) is 11.1. The van der Waals surface area contributed by atoms with E-state index >= 15 is 0 Å². The second-order valence-electron chi connectivity index (χ2n) is 13.1. The minimum absolute atomic E-state index is 0.0316. The topological polar surface area (TPSA) is 72.8 Å². The van der Waals surface area contributed by atoms with E-state index in [1.165, 1.54) is 51.4 Å². The Kier molecular flexibility index (Phi) is 7.11. The normalized spacial score (nSPS) is 39.8. The second-order valence-corrected chi connectivity index (χ2v) is 13.1. The molecular weight excluding hydrogens is 440 g/mol. The average molecular weight is 487 g/mol. The minimum Gasteiger partial charge on any atom is -0.465 e. The van der Waals surface area contributed by atoms with Gasteiger partial charge in [0.15, 0.2) is 0 Å². The number of carbonyl (C=O) groups is 2. The number of ether oxygens (including phenoxy) is 2. The largest absolute Gasteiger partial charge is 0.465 e. The van der Waals surface area contributed by atoms with Crippen LogP contribution in [0.25, 0.3) is 0 Å². The molecule has 4 aliphatic carbocycles. The van der Waals surface area contributed by atoms with Crippen LogP contribution in [-0.4, -0.2) is 35.9 Å². The smallest absolute Gasteiger partial charge is 0.309 e. The highest BCUT2D eigenvalue weighted by atomic mass is 16.5. The highest BCUT2D eigenvalue weighted by molar-refractivity contribution is 5.75. The standard InChI is InChI=1S/C15H24O3.C15H22O2/c1-14(6-3-2-4-7-14)15(17)8-5-12-11(9-15)10-18-13(12)16;1-15(7-3-2-4-8-15)12-5-6-13-11(9-12)10-17-14(13)16/h11-12,17H,2-10H2,1H3;9,11,13H,2-8,10H2,1H3/t11-,12-,15-;11-,13-/m11/s1. The monoisotopic (exact) mass is 486 g/mol. The van der Waals surface area contributed by atoms with Crippen molar-refractivity contribution in [1.29, 1.82) is 0 Å². The number of cyclic esters (lactones) is 2. The molecule has 0 unspecified atom stereocenters. The van der Waals surface area contributed by atoms with Crippen LogP contribution in [0.5, 0.6) is 0 Å². The number of hydrogen-bond acceptors (Lipinski definition) is 5.